The Morgan fingerprint density at radius 3 is 2.83 bits per heavy atom. The van der Waals surface area contributed by atoms with Crippen LogP contribution in [0.15, 0.2) is 6.07 Å². The average molecular weight is 247 g/mol. The minimum Gasteiger partial charge on any atom is -0.493 e. The van der Waals surface area contributed by atoms with Gasteiger partial charge in [-0.3, -0.25) is 4.79 Å². The molecule has 0 bridgehead atoms. The van der Waals surface area contributed by atoms with E-state index in [2.05, 4.69) is 11.4 Å². The molecular weight excluding hydrogens is 230 g/mol. The van der Waals surface area contributed by atoms with Crippen LogP contribution in [0.2, 0.25) is 0 Å². The summed E-state index contributed by atoms with van der Waals surface area (Å²) >= 11 is 0. The zero-order valence-corrected chi connectivity index (χ0v) is 10.7. The van der Waals surface area contributed by atoms with Crippen molar-refractivity contribution in [3.8, 4) is 11.5 Å². The summed E-state index contributed by atoms with van der Waals surface area (Å²) < 4.78 is 11.3. The monoisotopic (exact) mass is 247 g/mol. The van der Waals surface area contributed by atoms with Crippen molar-refractivity contribution >= 4 is 11.6 Å². The molecule has 96 valence electrons. The van der Waals surface area contributed by atoms with Crippen LogP contribution in [0.4, 0.5) is 5.69 Å². The van der Waals surface area contributed by atoms with Crippen LogP contribution < -0.4 is 14.8 Å². The Kier molecular flexibility index (Phi) is 2.65. The highest BCUT2D eigenvalue weighted by atomic mass is 16.5. The molecule has 0 aliphatic carbocycles. The molecule has 0 saturated heterocycles. The van der Waals surface area contributed by atoms with E-state index < -0.39 is 0 Å². The number of carbonyl (C=O) groups excluding carboxylic acids is 1. The molecule has 0 aromatic heterocycles. The molecule has 0 unspecified atom stereocenters. The standard InChI is InChI=1S/C14H17NO3/c1-8(2)14(16)15-12-10-4-6-17-11(10)7-9-3-5-18-13(9)12/h7-8H,3-6H2,1-2H3,(H,15,16). The van der Waals surface area contributed by atoms with Gasteiger partial charge in [0.15, 0.2) is 0 Å². The molecule has 2 aliphatic rings. The molecule has 1 amide bonds. The molecule has 0 atom stereocenters. The van der Waals surface area contributed by atoms with E-state index in [1.807, 2.05) is 13.8 Å². The first-order chi connectivity index (χ1) is 8.66. The van der Waals surface area contributed by atoms with Gasteiger partial charge in [-0.2, -0.15) is 0 Å². The van der Waals surface area contributed by atoms with Crippen LogP contribution >= 0.6 is 0 Å². The van der Waals surface area contributed by atoms with Gasteiger partial charge in [0.05, 0.1) is 18.9 Å². The van der Waals surface area contributed by atoms with E-state index in [0.29, 0.717) is 13.2 Å². The Labute approximate surface area is 106 Å². The molecule has 4 heteroatoms. The maximum absolute atomic E-state index is 11.9. The Balaban J connectivity index is 2.04. The molecule has 3 rings (SSSR count). The van der Waals surface area contributed by atoms with E-state index in [1.54, 1.807) is 0 Å². The van der Waals surface area contributed by atoms with Gasteiger partial charge in [0.1, 0.15) is 11.5 Å². The van der Waals surface area contributed by atoms with E-state index in [1.165, 1.54) is 0 Å². The maximum atomic E-state index is 11.9. The molecule has 0 spiro atoms. The van der Waals surface area contributed by atoms with Gasteiger partial charge in [-0.1, -0.05) is 13.8 Å². The van der Waals surface area contributed by atoms with Gasteiger partial charge in [-0.15, -0.1) is 0 Å². The van der Waals surface area contributed by atoms with E-state index in [-0.39, 0.29) is 11.8 Å². The summed E-state index contributed by atoms with van der Waals surface area (Å²) in [7, 11) is 0. The first-order valence-corrected chi connectivity index (χ1v) is 6.42. The zero-order chi connectivity index (χ0) is 12.7. The predicted octanol–water partition coefficient (Wildman–Crippen LogP) is 2.15. The van der Waals surface area contributed by atoms with Gasteiger partial charge >= 0.3 is 0 Å². The van der Waals surface area contributed by atoms with Crippen LogP contribution in [0, 0.1) is 5.92 Å². The summed E-state index contributed by atoms with van der Waals surface area (Å²) in [6.45, 7) is 5.14. The number of ether oxygens (including phenoxy) is 2. The second-order valence-electron chi connectivity index (χ2n) is 5.06. The Morgan fingerprint density at radius 2 is 2.06 bits per heavy atom. The van der Waals surface area contributed by atoms with Crippen molar-refractivity contribution in [1.29, 1.82) is 0 Å². The lowest BCUT2D eigenvalue weighted by Gasteiger charge is -2.15. The van der Waals surface area contributed by atoms with Crippen molar-refractivity contribution in [3.63, 3.8) is 0 Å². The van der Waals surface area contributed by atoms with Gasteiger partial charge in [-0.05, 0) is 6.07 Å². The van der Waals surface area contributed by atoms with E-state index in [9.17, 15) is 4.79 Å². The number of benzene rings is 1. The van der Waals surface area contributed by atoms with Gasteiger partial charge in [0.2, 0.25) is 5.91 Å². The topological polar surface area (TPSA) is 47.6 Å². The van der Waals surface area contributed by atoms with E-state index >= 15 is 0 Å². The van der Waals surface area contributed by atoms with Crippen molar-refractivity contribution < 1.29 is 14.3 Å². The van der Waals surface area contributed by atoms with Gasteiger partial charge in [0.25, 0.3) is 0 Å². The summed E-state index contributed by atoms with van der Waals surface area (Å²) in [6, 6.07) is 2.05. The Hall–Kier alpha value is -1.71. The predicted molar refractivity (Wildman–Crippen MR) is 68.3 cm³/mol. The van der Waals surface area contributed by atoms with Crippen LogP contribution in [0.5, 0.6) is 11.5 Å². The Morgan fingerprint density at radius 1 is 1.28 bits per heavy atom. The molecule has 1 N–H and O–H groups in total. The van der Waals surface area contributed by atoms with Crippen LogP contribution in [-0.2, 0) is 17.6 Å². The first kappa shape index (κ1) is 11.4. The molecule has 1 aromatic rings. The fraction of sp³-hybridized carbons (Fsp3) is 0.500. The second kappa shape index (κ2) is 4.19. The lowest BCUT2D eigenvalue weighted by atomic mass is 10.0. The summed E-state index contributed by atoms with van der Waals surface area (Å²) in [5.74, 6) is 1.72. The third-order valence-corrected chi connectivity index (χ3v) is 3.42. The number of hydrogen-bond acceptors (Lipinski definition) is 3. The molecule has 1 aromatic carbocycles. The van der Waals surface area contributed by atoms with Crippen molar-refractivity contribution in [1.82, 2.24) is 0 Å². The van der Waals surface area contributed by atoms with Gasteiger partial charge in [-0.25, -0.2) is 0 Å². The second-order valence-corrected chi connectivity index (χ2v) is 5.06. The van der Waals surface area contributed by atoms with Crippen LogP contribution in [0.1, 0.15) is 25.0 Å². The van der Waals surface area contributed by atoms with Crippen LogP contribution in [0.3, 0.4) is 0 Å². The van der Waals surface area contributed by atoms with Gasteiger partial charge < -0.3 is 14.8 Å². The molecular formula is C14H17NO3. The largest absolute Gasteiger partial charge is 0.493 e. The summed E-state index contributed by atoms with van der Waals surface area (Å²) in [4.78, 5) is 11.9. The SMILES string of the molecule is CC(C)C(=O)Nc1c2c(cc3c1OCC3)OCC2. The number of rotatable bonds is 2. The highest BCUT2D eigenvalue weighted by molar-refractivity contribution is 5.95. The number of fused-ring (bicyclic) bond motifs is 2. The minimum atomic E-state index is -0.0415. The van der Waals surface area contributed by atoms with Crippen LogP contribution in [0.25, 0.3) is 0 Å². The zero-order valence-electron chi connectivity index (χ0n) is 10.7. The molecule has 18 heavy (non-hydrogen) atoms. The fourth-order valence-electron chi connectivity index (χ4n) is 2.39. The third-order valence-electron chi connectivity index (χ3n) is 3.42. The van der Waals surface area contributed by atoms with Crippen molar-refractivity contribution in [3.05, 3.63) is 17.2 Å². The number of nitrogens with one attached hydrogen (secondary N) is 1. The van der Waals surface area contributed by atoms with Crippen LogP contribution in [-0.4, -0.2) is 19.1 Å². The third kappa shape index (κ3) is 1.72. The summed E-state index contributed by atoms with van der Waals surface area (Å²) in [5.41, 5.74) is 3.04. The lowest BCUT2D eigenvalue weighted by molar-refractivity contribution is -0.118. The number of anilines is 1. The normalized spacial score (nSPS) is 15.9. The molecule has 0 radical (unpaired) electrons. The molecule has 0 fully saturated rings. The number of hydrogen-bond donors (Lipinski definition) is 1. The minimum absolute atomic E-state index is 0.0213. The van der Waals surface area contributed by atoms with E-state index in [0.717, 1.165) is 41.2 Å². The Bertz CT molecular complexity index is 476. The molecule has 4 nitrogen and oxygen atoms in total. The fourth-order valence-corrected chi connectivity index (χ4v) is 2.39. The highest BCUT2D eigenvalue weighted by Crippen LogP contribution is 2.44. The smallest absolute Gasteiger partial charge is 0.227 e. The van der Waals surface area contributed by atoms with Crippen molar-refractivity contribution in [2.75, 3.05) is 18.5 Å². The maximum Gasteiger partial charge on any atom is 0.227 e. The van der Waals surface area contributed by atoms with Crippen molar-refractivity contribution in [2.45, 2.75) is 26.7 Å². The van der Waals surface area contributed by atoms with E-state index in [4.69, 9.17) is 9.47 Å². The molecule has 2 heterocycles. The highest BCUT2D eigenvalue weighted by Gasteiger charge is 2.27. The summed E-state index contributed by atoms with van der Waals surface area (Å²) in [6.07, 6.45) is 1.72. The lowest BCUT2D eigenvalue weighted by Crippen LogP contribution is -2.19. The average Bonchev–Trinajstić information content (AvgIpc) is 2.95. The summed E-state index contributed by atoms with van der Waals surface area (Å²) in [5, 5.41) is 3.00. The first-order valence-electron chi connectivity index (χ1n) is 6.42. The molecule has 2 aliphatic heterocycles. The molecule has 0 saturated carbocycles. The number of amides is 1. The number of carbonyl (C=O) groups is 1. The van der Waals surface area contributed by atoms with Crippen molar-refractivity contribution in [2.24, 2.45) is 5.92 Å². The quantitative estimate of drug-likeness (QED) is 0.871. The van der Waals surface area contributed by atoms with Gasteiger partial charge in [0, 0.05) is 29.9 Å².